The first kappa shape index (κ1) is 20.3. The highest BCUT2D eigenvalue weighted by Gasteiger charge is 2.33. The summed E-state index contributed by atoms with van der Waals surface area (Å²) in [6, 6.07) is 1.97. The lowest BCUT2D eigenvalue weighted by atomic mass is 10.1. The summed E-state index contributed by atoms with van der Waals surface area (Å²) < 4.78 is 16.2. The number of ether oxygens (including phenoxy) is 3. The number of nitrogens with zero attached hydrogens (tertiary/aromatic N) is 1. The summed E-state index contributed by atoms with van der Waals surface area (Å²) in [5, 5.41) is 9.55. The average molecular weight is 386 g/mol. The Morgan fingerprint density at radius 1 is 1.42 bits per heavy atom. The fourth-order valence-electron chi connectivity index (χ4n) is 2.60. The van der Waals surface area contributed by atoms with Crippen LogP contribution in [-0.4, -0.2) is 61.4 Å². The van der Waals surface area contributed by atoms with E-state index in [1.165, 1.54) is 24.1 Å². The second-order valence-corrected chi connectivity index (χ2v) is 6.86. The highest BCUT2D eigenvalue weighted by Crippen LogP contribution is 2.37. The van der Waals surface area contributed by atoms with E-state index in [4.69, 9.17) is 25.8 Å². The van der Waals surface area contributed by atoms with Gasteiger partial charge in [0, 0.05) is 12.1 Å². The summed E-state index contributed by atoms with van der Waals surface area (Å²) in [5.41, 5.74) is 0.246. The zero-order chi connectivity index (χ0) is 19.3. The van der Waals surface area contributed by atoms with Crippen LogP contribution in [-0.2, 0) is 9.53 Å². The lowest BCUT2D eigenvalue weighted by Gasteiger charge is -2.33. The van der Waals surface area contributed by atoms with Crippen LogP contribution in [0.15, 0.2) is 12.1 Å². The van der Waals surface area contributed by atoms with Gasteiger partial charge in [-0.25, -0.2) is 4.79 Å². The summed E-state index contributed by atoms with van der Waals surface area (Å²) >= 11 is 6.29. The summed E-state index contributed by atoms with van der Waals surface area (Å²) in [7, 11) is 1.46. The highest BCUT2D eigenvalue weighted by atomic mass is 35.5. The van der Waals surface area contributed by atoms with E-state index < -0.39 is 17.9 Å². The van der Waals surface area contributed by atoms with E-state index in [0.29, 0.717) is 24.0 Å². The van der Waals surface area contributed by atoms with Crippen molar-refractivity contribution >= 4 is 23.5 Å². The van der Waals surface area contributed by atoms with Gasteiger partial charge < -0.3 is 24.2 Å². The smallest absolute Gasteiger partial charge is 0.328 e. The number of hydrogen-bond donors (Lipinski definition) is 1. The molecule has 1 aliphatic rings. The number of carbonyl (C=O) groups is 2. The van der Waals surface area contributed by atoms with E-state index in [1.54, 1.807) is 0 Å². The number of carboxylic acids is 1. The van der Waals surface area contributed by atoms with Crippen LogP contribution in [0.1, 0.15) is 30.6 Å². The number of amides is 1. The number of carboxylic acid groups (broad SMARTS) is 1. The highest BCUT2D eigenvalue weighted by molar-refractivity contribution is 6.32. The first-order valence-corrected chi connectivity index (χ1v) is 8.84. The molecule has 26 heavy (non-hydrogen) atoms. The number of hydrogen-bond acceptors (Lipinski definition) is 5. The maximum atomic E-state index is 12.8. The van der Waals surface area contributed by atoms with Crippen LogP contribution in [0.25, 0.3) is 0 Å². The summed E-state index contributed by atoms with van der Waals surface area (Å²) in [6.45, 7) is 5.10. The third kappa shape index (κ3) is 4.80. The summed E-state index contributed by atoms with van der Waals surface area (Å²) in [6.07, 6.45) is 0.855. The first-order chi connectivity index (χ1) is 12.3. The fourth-order valence-corrected chi connectivity index (χ4v) is 2.86. The SMILES string of the molecule is COc1cc(C(=O)N2CCOCC2C(=O)O)cc(Cl)c1OCCC(C)C. The lowest BCUT2D eigenvalue weighted by molar-refractivity contribution is -0.147. The zero-order valence-electron chi connectivity index (χ0n) is 15.2. The van der Waals surface area contributed by atoms with Crippen molar-refractivity contribution in [1.29, 1.82) is 0 Å². The Labute approximate surface area is 157 Å². The molecular formula is C18H24ClNO6. The summed E-state index contributed by atoms with van der Waals surface area (Å²) in [5.74, 6) is -0.345. The number of methoxy groups -OCH3 is 1. The third-order valence-electron chi connectivity index (χ3n) is 4.09. The minimum atomic E-state index is -1.11. The Kier molecular flexibility index (Phi) is 7.11. The van der Waals surface area contributed by atoms with E-state index in [-0.39, 0.29) is 30.3 Å². The molecule has 0 radical (unpaired) electrons. The van der Waals surface area contributed by atoms with Gasteiger partial charge in [-0.15, -0.1) is 0 Å². The minimum absolute atomic E-state index is 0.0393. The predicted octanol–water partition coefficient (Wildman–Crippen LogP) is 2.70. The lowest BCUT2D eigenvalue weighted by Crippen LogP contribution is -2.52. The molecular weight excluding hydrogens is 362 g/mol. The number of aliphatic carboxylic acids is 1. The van der Waals surface area contributed by atoms with Gasteiger partial charge in [-0.3, -0.25) is 4.79 Å². The van der Waals surface area contributed by atoms with Crippen LogP contribution in [0.2, 0.25) is 5.02 Å². The van der Waals surface area contributed by atoms with Crippen LogP contribution < -0.4 is 9.47 Å². The number of benzene rings is 1. The molecule has 1 aliphatic heterocycles. The van der Waals surface area contributed by atoms with Crippen molar-refractivity contribution in [2.24, 2.45) is 5.92 Å². The van der Waals surface area contributed by atoms with E-state index >= 15 is 0 Å². The fraction of sp³-hybridized carbons (Fsp3) is 0.556. The molecule has 0 aliphatic carbocycles. The topological polar surface area (TPSA) is 85.3 Å². The van der Waals surface area contributed by atoms with Gasteiger partial charge in [-0.1, -0.05) is 25.4 Å². The molecule has 8 heteroatoms. The first-order valence-electron chi connectivity index (χ1n) is 8.47. The zero-order valence-corrected chi connectivity index (χ0v) is 15.9. The van der Waals surface area contributed by atoms with Gasteiger partial charge in [0.2, 0.25) is 0 Å². The molecule has 1 heterocycles. The molecule has 1 unspecified atom stereocenters. The monoisotopic (exact) mass is 385 g/mol. The number of carbonyl (C=O) groups excluding carboxylic acids is 1. The Bertz CT molecular complexity index is 663. The molecule has 0 saturated carbocycles. The van der Waals surface area contributed by atoms with Gasteiger partial charge >= 0.3 is 5.97 Å². The maximum Gasteiger partial charge on any atom is 0.328 e. The molecule has 1 N–H and O–H groups in total. The largest absolute Gasteiger partial charge is 0.493 e. The molecule has 1 amide bonds. The Morgan fingerprint density at radius 2 is 2.15 bits per heavy atom. The van der Waals surface area contributed by atoms with E-state index in [0.717, 1.165) is 6.42 Å². The van der Waals surface area contributed by atoms with Crippen LogP contribution in [0.4, 0.5) is 0 Å². The van der Waals surface area contributed by atoms with Gasteiger partial charge in [0.15, 0.2) is 17.5 Å². The van der Waals surface area contributed by atoms with E-state index in [9.17, 15) is 14.7 Å². The number of morpholine rings is 1. The molecule has 7 nitrogen and oxygen atoms in total. The van der Waals surface area contributed by atoms with Crippen molar-refractivity contribution in [3.05, 3.63) is 22.7 Å². The second kappa shape index (κ2) is 9.09. The molecule has 1 atom stereocenters. The second-order valence-electron chi connectivity index (χ2n) is 6.45. The molecule has 144 valence electrons. The maximum absolute atomic E-state index is 12.8. The van der Waals surface area contributed by atoms with Crippen molar-refractivity contribution in [1.82, 2.24) is 4.90 Å². The van der Waals surface area contributed by atoms with Gasteiger partial charge in [0.05, 0.1) is 32.0 Å². The molecule has 1 aromatic rings. The van der Waals surface area contributed by atoms with Crippen LogP contribution in [0, 0.1) is 5.92 Å². The van der Waals surface area contributed by atoms with Crippen molar-refractivity contribution in [2.45, 2.75) is 26.3 Å². The standard InChI is InChI=1S/C18H24ClNO6/c1-11(2)4-6-26-16-13(19)8-12(9-15(16)24-3)17(21)20-5-7-25-10-14(20)18(22)23/h8-9,11,14H,4-7,10H2,1-3H3,(H,22,23). The third-order valence-corrected chi connectivity index (χ3v) is 4.37. The van der Waals surface area contributed by atoms with E-state index in [2.05, 4.69) is 13.8 Å². The normalized spacial score (nSPS) is 17.3. The van der Waals surface area contributed by atoms with Gasteiger partial charge in [0.25, 0.3) is 5.91 Å². The van der Waals surface area contributed by atoms with Crippen molar-refractivity contribution in [2.75, 3.05) is 33.5 Å². The molecule has 1 saturated heterocycles. The predicted molar refractivity (Wildman–Crippen MR) is 96.2 cm³/mol. The number of halogens is 1. The van der Waals surface area contributed by atoms with Gasteiger partial charge in [-0.2, -0.15) is 0 Å². The van der Waals surface area contributed by atoms with E-state index in [1.807, 2.05) is 0 Å². The molecule has 1 aromatic carbocycles. The van der Waals surface area contributed by atoms with Crippen LogP contribution in [0.3, 0.4) is 0 Å². The molecule has 1 fully saturated rings. The van der Waals surface area contributed by atoms with Crippen molar-refractivity contribution in [3.63, 3.8) is 0 Å². The van der Waals surface area contributed by atoms with Crippen molar-refractivity contribution < 1.29 is 28.9 Å². The van der Waals surface area contributed by atoms with Crippen molar-refractivity contribution in [3.8, 4) is 11.5 Å². The summed E-state index contributed by atoms with van der Waals surface area (Å²) in [4.78, 5) is 25.4. The average Bonchev–Trinajstić information content (AvgIpc) is 2.61. The van der Waals surface area contributed by atoms with Gasteiger partial charge in [0.1, 0.15) is 0 Å². The Morgan fingerprint density at radius 3 is 2.77 bits per heavy atom. The molecule has 2 rings (SSSR count). The molecule has 0 aromatic heterocycles. The molecule has 0 spiro atoms. The Balaban J connectivity index is 2.25. The Hall–Kier alpha value is -1.99. The molecule has 0 bridgehead atoms. The van der Waals surface area contributed by atoms with Gasteiger partial charge in [-0.05, 0) is 24.5 Å². The number of rotatable bonds is 7. The minimum Gasteiger partial charge on any atom is -0.493 e. The van der Waals surface area contributed by atoms with Crippen LogP contribution >= 0.6 is 11.6 Å². The van der Waals surface area contributed by atoms with Crippen LogP contribution in [0.5, 0.6) is 11.5 Å². The quantitative estimate of drug-likeness (QED) is 0.776.